The summed E-state index contributed by atoms with van der Waals surface area (Å²) < 4.78 is 0. The van der Waals surface area contributed by atoms with Gasteiger partial charge in [0, 0.05) is 27.9 Å². The van der Waals surface area contributed by atoms with Crippen LogP contribution in [0.1, 0.15) is 25.0 Å². The Kier molecular flexibility index (Phi) is 7.21. The van der Waals surface area contributed by atoms with Crippen molar-refractivity contribution in [3.8, 4) is 44.5 Å². The first kappa shape index (κ1) is 29.9. The van der Waals surface area contributed by atoms with Crippen LogP contribution in [-0.2, 0) is 5.41 Å². The van der Waals surface area contributed by atoms with Gasteiger partial charge in [-0.3, -0.25) is 0 Å². The van der Waals surface area contributed by atoms with Crippen LogP contribution in [0, 0.1) is 0 Å². The van der Waals surface area contributed by atoms with Crippen LogP contribution in [0.3, 0.4) is 0 Å². The van der Waals surface area contributed by atoms with Gasteiger partial charge < -0.3 is 4.90 Å². The first-order valence-electron chi connectivity index (χ1n) is 17.5. The topological polar surface area (TPSA) is 3.24 Å². The summed E-state index contributed by atoms with van der Waals surface area (Å²) in [7, 11) is 0. The fourth-order valence-electron chi connectivity index (χ4n) is 8.11. The maximum atomic E-state index is 2.51. The van der Waals surface area contributed by atoms with Crippen LogP contribution in [0.5, 0.6) is 0 Å². The summed E-state index contributed by atoms with van der Waals surface area (Å²) in [6.45, 7) is 4.79. The van der Waals surface area contributed by atoms with E-state index in [4.69, 9.17) is 0 Å². The normalized spacial score (nSPS) is 12.8. The molecule has 0 aromatic heterocycles. The minimum absolute atomic E-state index is 0.185. The van der Waals surface area contributed by atoms with E-state index >= 15 is 0 Å². The van der Waals surface area contributed by atoms with Crippen LogP contribution in [0.25, 0.3) is 55.3 Å². The zero-order valence-corrected chi connectivity index (χ0v) is 28.3. The van der Waals surface area contributed by atoms with Crippen LogP contribution < -0.4 is 4.90 Å². The molecule has 0 atom stereocenters. The third-order valence-electron chi connectivity index (χ3n) is 10.4. The summed E-state index contributed by atoms with van der Waals surface area (Å²) in [5, 5.41) is 2.57. The highest BCUT2D eigenvalue weighted by atomic mass is 15.1. The van der Waals surface area contributed by atoms with Gasteiger partial charge in [0.1, 0.15) is 0 Å². The Labute approximate surface area is 294 Å². The monoisotopic (exact) mass is 639 g/mol. The molecule has 0 amide bonds. The SMILES string of the molecule is CC1(C)c2ccccc2-c2c(N(c3ccc(-c4ccccc4)cc3)c3ccc(-c4ccccc4)cc3)c(-c3ccccc3)c3ccccc3c21. The molecule has 0 saturated carbocycles. The van der Waals surface area contributed by atoms with Gasteiger partial charge in [0.05, 0.1) is 5.69 Å². The van der Waals surface area contributed by atoms with Crippen LogP contribution in [0.4, 0.5) is 17.1 Å². The van der Waals surface area contributed by atoms with Gasteiger partial charge in [0.15, 0.2) is 0 Å². The molecule has 1 heteroatoms. The molecule has 0 fully saturated rings. The molecule has 0 saturated heterocycles. The van der Waals surface area contributed by atoms with E-state index in [2.05, 4.69) is 207 Å². The summed E-state index contributed by atoms with van der Waals surface area (Å²) >= 11 is 0. The smallest absolute Gasteiger partial charge is 0.0628 e. The van der Waals surface area contributed by atoms with Crippen LogP contribution in [-0.4, -0.2) is 0 Å². The zero-order chi connectivity index (χ0) is 33.7. The average molecular weight is 640 g/mol. The van der Waals surface area contributed by atoms with Crippen molar-refractivity contribution < 1.29 is 0 Å². The molecule has 8 aromatic carbocycles. The summed E-state index contributed by atoms with van der Waals surface area (Å²) in [6, 6.07) is 68.5. The third-order valence-corrected chi connectivity index (χ3v) is 10.4. The number of hydrogen-bond acceptors (Lipinski definition) is 1. The number of rotatable bonds is 6. The first-order chi connectivity index (χ1) is 24.6. The number of anilines is 3. The fourth-order valence-corrected chi connectivity index (χ4v) is 8.11. The van der Waals surface area contributed by atoms with Crippen molar-refractivity contribution in [2.45, 2.75) is 19.3 Å². The lowest BCUT2D eigenvalue weighted by Crippen LogP contribution is -2.17. The standard InChI is InChI=1S/C49H37N/c1-49(2)44-25-15-14-24-43(44)46-47(49)42-23-13-12-22-41(42)45(38-20-10-5-11-21-38)48(46)50(39-30-26-36(27-31-39)34-16-6-3-7-17-34)40-32-28-37(29-33-40)35-18-8-4-9-19-35/h3-33H,1-2H3. The minimum Gasteiger partial charge on any atom is -0.309 e. The maximum Gasteiger partial charge on any atom is 0.0628 e. The first-order valence-corrected chi connectivity index (χ1v) is 17.5. The number of fused-ring (bicyclic) bond motifs is 5. The Morgan fingerprint density at radius 2 is 0.780 bits per heavy atom. The van der Waals surface area contributed by atoms with E-state index in [0.29, 0.717) is 0 Å². The van der Waals surface area contributed by atoms with Crippen LogP contribution in [0.2, 0.25) is 0 Å². The Bertz CT molecular complexity index is 2380. The van der Waals surface area contributed by atoms with Crippen molar-refractivity contribution in [1.82, 2.24) is 0 Å². The van der Waals surface area contributed by atoms with Gasteiger partial charge in [-0.2, -0.15) is 0 Å². The van der Waals surface area contributed by atoms with E-state index in [1.54, 1.807) is 0 Å². The highest BCUT2D eigenvalue weighted by Crippen LogP contribution is 2.60. The number of hydrogen-bond donors (Lipinski definition) is 0. The Balaban J connectivity index is 1.39. The van der Waals surface area contributed by atoms with Gasteiger partial charge in [0.2, 0.25) is 0 Å². The van der Waals surface area contributed by atoms with Crippen molar-refractivity contribution in [2.75, 3.05) is 4.90 Å². The Morgan fingerprint density at radius 1 is 0.360 bits per heavy atom. The molecule has 0 radical (unpaired) electrons. The van der Waals surface area contributed by atoms with Crippen LogP contribution in [0.15, 0.2) is 188 Å². The fraction of sp³-hybridized carbons (Fsp3) is 0.0612. The lowest BCUT2D eigenvalue weighted by molar-refractivity contribution is 0.666. The third kappa shape index (κ3) is 4.85. The molecule has 1 aliphatic carbocycles. The molecule has 238 valence electrons. The second-order valence-corrected chi connectivity index (χ2v) is 13.7. The van der Waals surface area contributed by atoms with Crippen molar-refractivity contribution in [2.24, 2.45) is 0 Å². The zero-order valence-electron chi connectivity index (χ0n) is 28.3. The summed E-state index contributed by atoms with van der Waals surface area (Å²) in [6.07, 6.45) is 0. The van der Waals surface area contributed by atoms with E-state index in [1.165, 1.54) is 72.1 Å². The predicted octanol–water partition coefficient (Wildman–Crippen LogP) is 13.6. The van der Waals surface area contributed by atoms with Crippen LogP contribution >= 0.6 is 0 Å². The summed E-state index contributed by atoms with van der Waals surface area (Å²) in [4.78, 5) is 2.51. The second-order valence-electron chi connectivity index (χ2n) is 13.7. The highest BCUT2D eigenvalue weighted by molar-refractivity contribution is 6.15. The predicted molar refractivity (Wildman–Crippen MR) is 213 cm³/mol. The van der Waals surface area contributed by atoms with Crippen molar-refractivity contribution in [3.05, 3.63) is 199 Å². The second kappa shape index (κ2) is 12.1. The molecule has 0 bridgehead atoms. The molecule has 50 heavy (non-hydrogen) atoms. The van der Waals surface area contributed by atoms with E-state index < -0.39 is 0 Å². The highest BCUT2D eigenvalue weighted by Gasteiger charge is 2.41. The molecule has 0 aliphatic heterocycles. The molecular weight excluding hydrogens is 603 g/mol. The number of nitrogens with zero attached hydrogens (tertiary/aromatic N) is 1. The molecule has 0 unspecified atom stereocenters. The van der Waals surface area contributed by atoms with E-state index in [0.717, 1.165) is 11.4 Å². The Hall–Kier alpha value is -6.18. The lowest BCUT2D eigenvalue weighted by atomic mass is 9.78. The molecule has 1 nitrogen and oxygen atoms in total. The van der Waals surface area contributed by atoms with Gasteiger partial charge >= 0.3 is 0 Å². The van der Waals surface area contributed by atoms with Crippen molar-refractivity contribution in [3.63, 3.8) is 0 Å². The molecule has 8 aromatic rings. The van der Waals surface area contributed by atoms with Gasteiger partial charge in [-0.25, -0.2) is 0 Å². The van der Waals surface area contributed by atoms with Gasteiger partial charge in [-0.05, 0) is 79.5 Å². The minimum atomic E-state index is -0.185. The summed E-state index contributed by atoms with van der Waals surface area (Å²) in [5.74, 6) is 0. The molecule has 0 heterocycles. The molecule has 1 aliphatic rings. The molecular formula is C49H37N. The van der Waals surface area contributed by atoms with Gasteiger partial charge in [-0.15, -0.1) is 0 Å². The number of benzene rings is 8. The van der Waals surface area contributed by atoms with Gasteiger partial charge in [-0.1, -0.05) is 178 Å². The molecule has 0 N–H and O–H groups in total. The van der Waals surface area contributed by atoms with Crippen molar-refractivity contribution in [1.29, 1.82) is 0 Å². The van der Waals surface area contributed by atoms with Crippen molar-refractivity contribution >= 4 is 27.8 Å². The Morgan fingerprint density at radius 3 is 1.32 bits per heavy atom. The average Bonchev–Trinajstić information content (AvgIpc) is 3.43. The van der Waals surface area contributed by atoms with E-state index in [9.17, 15) is 0 Å². The van der Waals surface area contributed by atoms with E-state index in [-0.39, 0.29) is 5.41 Å². The summed E-state index contributed by atoms with van der Waals surface area (Å²) in [5.41, 5.74) is 15.9. The molecule has 9 rings (SSSR count). The maximum absolute atomic E-state index is 2.51. The lowest BCUT2D eigenvalue weighted by Gasteiger charge is -2.33. The van der Waals surface area contributed by atoms with E-state index in [1.807, 2.05) is 0 Å². The quantitative estimate of drug-likeness (QED) is 0.175. The van der Waals surface area contributed by atoms with Gasteiger partial charge in [0.25, 0.3) is 0 Å². The largest absolute Gasteiger partial charge is 0.309 e. The molecule has 0 spiro atoms.